The van der Waals surface area contributed by atoms with Crippen molar-refractivity contribution >= 4 is 22.7 Å². The molecule has 0 bridgehead atoms. The molecule has 0 aliphatic carbocycles. The Morgan fingerprint density at radius 3 is 2.78 bits per heavy atom. The molecule has 1 aromatic carbocycles. The lowest BCUT2D eigenvalue weighted by Gasteiger charge is -2.21. The molecule has 2 heterocycles. The summed E-state index contributed by atoms with van der Waals surface area (Å²) >= 11 is 1.46. The van der Waals surface area contributed by atoms with Gasteiger partial charge in [-0.1, -0.05) is 43.2 Å². The van der Waals surface area contributed by atoms with E-state index < -0.39 is 0 Å². The van der Waals surface area contributed by atoms with Crippen molar-refractivity contribution in [2.45, 2.75) is 39.5 Å². The molecule has 1 N–H and O–H groups in total. The fourth-order valence-electron chi connectivity index (χ4n) is 3.13. The van der Waals surface area contributed by atoms with Crippen LogP contribution in [0.2, 0.25) is 0 Å². The number of anilines is 1. The summed E-state index contributed by atoms with van der Waals surface area (Å²) in [6.07, 6.45) is 3.83. The molecule has 2 amide bonds. The zero-order valence-corrected chi connectivity index (χ0v) is 17.1. The van der Waals surface area contributed by atoms with Gasteiger partial charge in [0.05, 0.1) is 0 Å². The normalized spacial score (nSPS) is 14.9. The molecule has 1 aliphatic rings. The van der Waals surface area contributed by atoms with Crippen LogP contribution in [0.25, 0.3) is 0 Å². The number of carbonyl (C=O) groups excluding carboxylic acids is 1. The lowest BCUT2D eigenvalue weighted by atomic mass is 10.1. The van der Waals surface area contributed by atoms with Crippen LogP contribution in [0.3, 0.4) is 0 Å². The molecule has 1 aromatic heterocycles. The first-order valence-corrected chi connectivity index (χ1v) is 10.6. The summed E-state index contributed by atoms with van der Waals surface area (Å²) in [5, 5.41) is 3.98. The van der Waals surface area contributed by atoms with Gasteiger partial charge in [0.2, 0.25) is 5.13 Å². The fraction of sp³-hybridized carbons (Fsp3) is 0.550. The number of urea groups is 1. The monoisotopic (exact) mass is 387 g/mol. The van der Waals surface area contributed by atoms with E-state index in [9.17, 15) is 4.79 Å². The van der Waals surface area contributed by atoms with Gasteiger partial charge >= 0.3 is 6.03 Å². The maximum absolute atomic E-state index is 12.3. The highest BCUT2D eigenvalue weighted by molar-refractivity contribution is 7.09. The van der Waals surface area contributed by atoms with Gasteiger partial charge in [0.1, 0.15) is 5.82 Å². The van der Waals surface area contributed by atoms with Crippen LogP contribution in [0.4, 0.5) is 9.93 Å². The van der Waals surface area contributed by atoms with Crippen LogP contribution < -0.4 is 10.2 Å². The highest BCUT2D eigenvalue weighted by atomic mass is 32.1. The van der Waals surface area contributed by atoms with E-state index in [2.05, 4.69) is 52.7 Å². The fourth-order valence-corrected chi connectivity index (χ4v) is 3.87. The zero-order chi connectivity index (χ0) is 19.1. The Bertz CT molecular complexity index is 730. The molecular formula is C20H29N5OS. The van der Waals surface area contributed by atoms with E-state index >= 15 is 0 Å². The molecule has 3 rings (SSSR count). The second kappa shape index (κ2) is 9.69. The minimum absolute atomic E-state index is 0.0580. The Morgan fingerprint density at radius 2 is 2.00 bits per heavy atom. The third kappa shape index (κ3) is 5.66. The van der Waals surface area contributed by atoms with Gasteiger partial charge in [-0.15, -0.1) is 0 Å². The van der Waals surface area contributed by atoms with Crippen molar-refractivity contribution in [3.05, 3.63) is 41.2 Å². The van der Waals surface area contributed by atoms with Crippen LogP contribution in [0.15, 0.2) is 24.3 Å². The van der Waals surface area contributed by atoms with Gasteiger partial charge in [-0.05, 0) is 25.3 Å². The summed E-state index contributed by atoms with van der Waals surface area (Å²) in [6, 6.07) is 8.57. The number of amides is 2. The molecule has 7 heteroatoms. The zero-order valence-electron chi connectivity index (χ0n) is 16.3. The number of hydrogen-bond acceptors (Lipinski definition) is 5. The molecule has 146 valence electrons. The first-order valence-electron chi connectivity index (χ1n) is 9.81. The van der Waals surface area contributed by atoms with Crippen LogP contribution in [0.1, 0.15) is 43.1 Å². The predicted octanol–water partition coefficient (Wildman–Crippen LogP) is 3.46. The summed E-state index contributed by atoms with van der Waals surface area (Å²) in [6.45, 7) is 8.22. The van der Waals surface area contributed by atoms with Crippen LogP contribution in [-0.2, 0) is 6.42 Å². The Labute approximate surface area is 165 Å². The van der Waals surface area contributed by atoms with Gasteiger partial charge in [0, 0.05) is 50.7 Å². The number of hydrogen-bond donors (Lipinski definition) is 1. The van der Waals surface area contributed by atoms with Gasteiger partial charge in [-0.2, -0.15) is 4.37 Å². The number of aromatic nitrogens is 2. The molecule has 2 aromatic rings. The SMILES string of the molecule is CCCCNC(=O)N1CCCN(c2nc(Cc3ccc(C)cc3)ns2)CC1. The van der Waals surface area contributed by atoms with Crippen LogP contribution in [0.5, 0.6) is 0 Å². The Kier molecular flexibility index (Phi) is 7.04. The smallest absolute Gasteiger partial charge is 0.317 e. The van der Waals surface area contributed by atoms with E-state index in [-0.39, 0.29) is 6.03 Å². The van der Waals surface area contributed by atoms with Crippen LogP contribution >= 0.6 is 11.5 Å². The first kappa shape index (κ1) is 19.6. The highest BCUT2D eigenvalue weighted by Gasteiger charge is 2.21. The predicted molar refractivity (Wildman–Crippen MR) is 111 cm³/mol. The van der Waals surface area contributed by atoms with Gasteiger partial charge in [-0.25, -0.2) is 9.78 Å². The number of nitrogens with one attached hydrogen (secondary N) is 1. The van der Waals surface area contributed by atoms with Crippen molar-refractivity contribution in [1.82, 2.24) is 19.6 Å². The quantitative estimate of drug-likeness (QED) is 0.771. The maximum atomic E-state index is 12.3. The molecular weight excluding hydrogens is 358 g/mol. The molecule has 0 saturated carbocycles. The lowest BCUT2D eigenvalue weighted by molar-refractivity contribution is 0.201. The summed E-state index contributed by atoms with van der Waals surface area (Å²) < 4.78 is 4.54. The molecule has 1 aliphatic heterocycles. The first-order chi connectivity index (χ1) is 13.2. The van der Waals surface area contributed by atoms with Crippen molar-refractivity contribution in [3.63, 3.8) is 0 Å². The molecule has 0 radical (unpaired) electrons. The van der Waals surface area contributed by atoms with E-state index in [1.807, 2.05) is 4.90 Å². The van der Waals surface area contributed by atoms with Crippen molar-refractivity contribution in [2.75, 3.05) is 37.6 Å². The largest absolute Gasteiger partial charge is 0.345 e. The Balaban J connectivity index is 1.54. The second-order valence-electron chi connectivity index (χ2n) is 7.07. The average Bonchev–Trinajstić information content (AvgIpc) is 2.98. The minimum Gasteiger partial charge on any atom is -0.345 e. The number of carbonyl (C=O) groups is 1. The van der Waals surface area contributed by atoms with Gasteiger partial charge in [0.25, 0.3) is 0 Å². The number of benzene rings is 1. The molecule has 0 atom stereocenters. The number of aryl methyl sites for hydroxylation is 1. The number of nitrogens with zero attached hydrogens (tertiary/aromatic N) is 4. The summed E-state index contributed by atoms with van der Waals surface area (Å²) in [5.41, 5.74) is 2.49. The van der Waals surface area contributed by atoms with Crippen molar-refractivity contribution in [1.29, 1.82) is 0 Å². The van der Waals surface area contributed by atoms with Crippen molar-refractivity contribution in [2.24, 2.45) is 0 Å². The van der Waals surface area contributed by atoms with E-state index in [0.717, 1.165) is 69.4 Å². The maximum Gasteiger partial charge on any atom is 0.317 e. The Hall–Kier alpha value is -2.15. The minimum atomic E-state index is 0.0580. The van der Waals surface area contributed by atoms with Crippen molar-refractivity contribution in [3.8, 4) is 0 Å². The van der Waals surface area contributed by atoms with Crippen molar-refractivity contribution < 1.29 is 4.79 Å². The number of unbranched alkanes of at least 4 members (excludes halogenated alkanes) is 1. The molecule has 6 nitrogen and oxygen atoms in total. The van der Waals surface area contributed by atoms with Gasteiger partial charge in [0.15, 0.2) is 0 Å². The molecule has 0 unspecified atom stereocenters. The molecule has 1 fully saturated rings. The Morgan fingerprint density at radius 1 is 1.19 bits per heavy atom. The number of rotatable bonds is 6. The lowest BCUT2D eigenvalue weighted by Crippen LogP contribution is -2.42. The third-order valence-electron chi connectivity index (χ3n) is 4.80. The molecule has 1 saturated heterocycles. The average molecular weight is 388 g/mol. The molecule has 0 spiro atoms. The van der Waals surface area contributed by atoms with Gasteiger partial charge in [-0.3, -0.25) is 0 Å². The van der Waals surface area contributed by atoms with E-state index in [4.69, 9.17) is 4.98 Å². The van der Waals surface area contributed by atoms with E-state index in [1.54, 1.807) is 0 Å². The highest BCUT2D eigenvalue weighted by Crippen LogP contribution is 2.20. The molecule has 27 heavy (non-hydrogen) atoms. The summed E-state index contributed by atoms with van der Waals surface area (Å²) in [7, 11) is 0. The standard InChI is InChI=1S/C20H29N5OS/c1-3-4-10-21-19(26)24-11-5-12-25(14-13-24)20-22-18(23-27-20)15-17-8-6-16(2)7-9-17/h6-9H,3-5,10-15H2,1-2H3,(H,21,26). The third-order valence-corrected chi connectivity index (χ3v) is 5.62. The second-order valence-corrected chi connectivity index (χ2v) is 7.80. The van der Waals surface area contributed by atoms with E-state index in [1.165, 1.54) is 22.7 Å². The summed E-state index contributed by atoms with van der Waals surface area (Å²) in [4.78, 5) is 21.2. The van der Waals surface area contributed by atoms with E-state index in [0.29, 0.717) is 0 Å². The summed E-state index contributed by atoms with van der Waals surface area (Å²) in [5.74, 6) is 0.872. The van der Waals surface area contributed by atoms with Gasteiger partial charge < -0.3 is 15.1 Å². The van der Waals surface area contributed by atoms with Crippen LogP contribution in [0, 0.1) is 6.92 Å². The topological polar surface area (TPSA) is 61.4 Å². The van der Waals surface area contributed by atoms with Crippen LogP contribution in [-0.4, -0.2) is 53.0 Å².